The molecule has 0 unspecified atom stereocenters. The van der Waals surface area contributed by atoms with Crippen LogP contribution >= 0.6 is 23.2 Å². The quantitative estimate of drug-likeness (QED) is 0.908. The smallest absolute Gasteiger partial charge is 0.227 e. The lowest BCUT2D eigenvalue weighted by atomic mass is 10.3. The van der Waals surface area contributed by atoms with Crippen molar-refractivity contribution in [1.82, 2.24) is 9.97 Å². The third-order valence-corrected chi connectivity index (χ3v) is 3.50. The molecule has 1 heterocycles. The summed E-state index contributed by atoms with van der Waals surface area (Å²) in [6.07, 6.45) is 1.69. The Bertz CT molecular complexity index is 632. The van der Waals surface area contributed by atoms with Crippen LogP contribution in [0.15, 0.2) is 18.2 Å². The topological polar surface area (TPSA) is 61.0 Å². The van der Waals surface area contributed by atoms with Gasteiger partial charge >= 0.3 is 0 Å². The first-order valence-corrected chi connectivity index (χ1v) is 7.02. The SMILES string of the molecule is CCCc1nc(N)c(C)c(Oc2ccc(Cl)c(Cl)c2)n1. The lowest BCUT2D eigenvalue weighted by molar-refractivity contribution is 0.454. The van der Waals surface area contributed by atoms with E-state index in [2.05, 4.69) is 16.9 Å². The fourth-order valence-corrected chi connectivity index (χ4v) is 1.93. The van der Waals surface area contributed by atoms with Crippen molar-refractivity contribution in [2.45, 2.75) is 26.7 Å². The van der Waals surface area contributed by atoms with E-state index >= 15 is 0 Å². The van der Waals surface area contributed by atoms with Gasteiger partial charge in [0.1, 0.15) is 17.4 Å². The van der Waals surface area contributed by atoms with Crippen molar-refractivity contribution < 1.29 is 4.74 Å². The van der Waals surface area contributed by atoms with Crippen molar-refractivity contribution in [3.63, 3.8) is 0 Å². The first kappa shape index (κ1) is 14.9. The van der Waals surface area contributed by atoms with Gasteiger partial charge in [-0.15, -0.1) is 0 Å². The molecule has 0 atom stereocenters. The van der Waals surface area contributed by atoms with E-state index < -0.39 is 0 Å². The molecule has 0 spiro atoms. The Balaban J connectivity index is 2.34. The average Bonchev–Trinajstić information content (AvgIpc) is 2.40. The van der Waals surface area contributed by atoms with Gasteiger partial charge in [0.05, 0.1) is 15.6 Å². The second-order valence-corrected chi connectivity index (χ2v) is 5.20. The number of rotatable bonds is 4. The molecule has 4 nitrogen and oxygen atoms in total. The Hall–Kier alpha value is -1.52. The largest absolute Gasteiger partial charge is 0.438 e. The van der Waals surface area contributed by atoms with Crippen LogP contribution in [-0.4, -0.2) is 9.97 Å². The predicted octanol–water partition coefficient (Wildman–Crippen LogP) is 4.42. The summed E-state index contributed by atoms with van der Waals surface area (Å²) in [6, 6.07) is 5.04. The van der Waals surface area contributed by atoms with Gasteiger partial charge in [0, 0.05) is 12.5 Å². The molecular weight excluding hydrogens is 297 g/mol. The summed E-state index contributed by atoms with van der Waals surface area (Å²) in [7, 11) is 0. The van der Waals surface area contributed by atoms with E-state index in [9.17, 15) is 0 Å². The average molecular weight is 312 g/mol. The third kappa shape index (κ3) is 3.32. The molecule has 2 rings (SSSR count). The molecule has 106 valence electrons. The molecule has 20 heavy (non-hydrogen) atoms. The van der Waals surface area contributed by atoms with E-state index in [0.717, 1.165) is 12.8 Å². The molecule has 0 aliphatic rings. The highest BCUT2D eigenvalue weighted by Crippen LogP contribution is 2.31. The molecule has 2 N–H and O–H groups in total. The molecule has 1 aromatic carbocycles. The first-order chi connectivity index (χ1) is 9.51. The maximum Gasteiger partial charge on any atom is 0.227 e. The van der Waals surface area contributed by atoms with Crippen LogP contribution in [0.4, 0.5) is 5.82 Å². The summed E-state index contributed by atoms with van der Waals surface area (Å²) in [4.78, 5) is 8.62. The van der Waals surface area contributed by atoms with Crippen LogP contribution in [-0.2, 0) is 6.42 Å². The molecule has 0 aliphatic heterocycles. The minimum Gasteiger partial charge on any atom is -0.438 e. The van der Waals surface area contributed by atoms with Gasteiger partial charge in [-0.3, -0.25) is 0 Å². The van der Waals surface area contributed by atoms with Crippen LogP contribution in [0.3, 0.4) is 0 Å². The molecule has 0 radical (unpaired) electrons. The fourth-order valence-electron chi connectivity index (χ4n) is 1.65. The number of nitrogens with zero attached hydrogens (tertiary/aromatic N) is 2. The predicted molar refractivity (Wildman–Crippen MR) is 81.7 cm³/mol. The van der Waals surface area contributed by atoms with Crippen LogP contribution in [0.2, 0.25) is 10.0 Å². The van der Waals surface area contributed by atoms with Crippen molar-refractivity contribution in [2.75, 3.05) is 5.73 Å². The van der Waals surface area contributed by atoms with Crippen LogP contribution in [0, 0.1) is 6.92 Å². The Morgan fingerprint density at radius 3 is 2.60 bits per heavy atom. The normalized spacial score (nSPS) is 10.6. The zero-order valence-electron chi connectivity index (χ0n) is 11.3. The monoisotopic (exact) mass is 311 g/mol. The number of ether oxygens (including phenoxy) is 1. The highest BCUT2D eigenvalue weighted by atomic mass is 35.5. The number of nitrogens with two attached hydrogens (primary N) is 1. The van der Waals surface area contributed by atoms with E-state index in [-0.39, 0.29) is 0 Å². The summed E-state index contributed by atoms with van der Waals surface area (Å²) in [5.74, 6) is 2.10. The highest BCUT2D eigenvalue weighted by molar-refractivity contribution is 6.42. The molecule has 0 aliphatic carbocycles. The van der Waals surface area contributed by atoms with Crippen LogP contribution in [0.5, 0.6) is 11.6 Å². The number of benzene rings is 1. The van der Waals surface area contributed by atoms with Crippen molar-refractivity contribution in [3.8, 4) is 11.6 Å². The number of halogens is 2. The fraction of sp³-hybridized carbons (Fsp3) is 0.286. The molecular formula is C14H15Cl2N3O. The van der Waals surface area contributed by atoms with Crippen molar-refractivity contribution >= 4 is 29.0 Å². The van der Waals surface area contributed by atoms with Gasteiger partial charge in [0.15, 0.2) is 0 Å². The summed E-state index contributed by atoms with van der Waals surface area (Å²) >= 11 is 11.8. The summed E-state index contributed by atoms with van der Waals surface area (Å²) in [5, 5.41) is 0.905. The lowest BCUT2D eigenvalue weighted by Crippen LogP contribution is -2.05. The summed E-state index contributed by atoms with van der Waals surface area (Å²) in [6.45, 7) is 3.87. The van der Waals surface area contributed by atoms with Gasteiger partial charge in [-0.1, -0.05) is 30.1 Å². The molecule has 0 fully saturated rings. The second kappa shape index (κ2) is 6.29. The molecule has 0 amide bonds. The van der Waals surface area contributed by atoms with E-state index in [1.165, 1.54) is 0 Å². The van der Waals surface area contributed by atoms with Gasteiger partial charge in [-0.25, -0.2) is 4.98 Å². The Morgan fingerprint density at radius 1 is 1.20 bits per heavy atom. The van der Waals surface area contributed by atoms with Gasteiger partial charge in [-0.05, 0) is 25.5 Å². The van der Waals surface area contributed by atoms with Crippen molar-refractivity contribution in [2.24, 2.45) is 0 Å². The Kier molecular flexibility index (Phi) is 4.68. The molecule has 0 saturated carbocycles. The molecule has 0 saturated heterocycles. The maximum absolute atomic E-state index is 5.96. The van der Waals surface area contributed by atoms with E-state index in [4.69, 9.17) is 33.7 Å². The minimum absolute atomic E-state index is 0.428. The third-order valence-electron chi connectivity index (χ3n) is 2.76. The van der Waals surface area contributed by atoms with Gasteiger partial charge in [-0.2, -0.15) is 4.98 Å². The second-order valence-electron chi connectivity index (χ2n) is 4.38. The molecule has 0 bridgehead atoms. The standard InChI is InChI=1S/C14H15Cl2N3O/c1-3-4-12-18-13(17)8(2)14(19-12)20-9-5-6-10(15)11(16)7-9/h5-7H,3-4H2,1-2H3,(H2,17,18,19). The Labute approximate surface area is 127 Å². The van der Waals surface area contributed by atoms with Crippen molar-refractivity contribution in [1.29, 1.82) is 0 Å². The van der Waals surface area contributed by atoms with Crippen molar-refractivity contribution in [3.05, 3.63) is 39.6 Å². The lowest BCUT2D eigenvalue weighted by Gasteiger charge is -2.11. The zero-order chi connectivity index (χ0) is 14.7. The van der Waals surface area contributed by atoms with Crippen LogP contribution < -0.4 is 10.5 Å². The van der Waals surface area contributed by atoms with Crippen LogP contribution in [0.25, 0.3) is 0 Å². The maximum atomic E-state index is 5.96. The number of hydrogen-bond donors (Lipinski definition) is 1. The number of aromatic nitrogens is 2. The van der Waals surface area contributed by atoms with Gasteiger partial charge < -0.3 is 10.5 Å². The zero-order valence-corrected chi connectivity index (χ0v) is 12.8. The summed E-state index contributed by atoms with van der Waals surface area (Å²) in [5.41, 5.74) is 6.59. The molecule has 1 aromatic heterocycles. The van der Waals surface area contributed by atoms with E-state index in [1.54, 1.807) is 18.2 Å². The van der Waals surface area contributed by atoms with Gasteiger partial charge in [0.25, 0.3) is 0 Å². The Morgan fingerprint density at radius 2 is 1.95 bits per heavy atom. The summed E-state index contributed by atoms with van der Waals surface area (Å²) < 4.78 is 5.74. The molecule has 2 aromatic rings. The minimum atomic E-state index is 0.428. The highest BCUT2D eigenvalue weighted by Gasteiger charge is 2.11. The van der Waals surface area contributed by atoms with Gasteiger partial charge in [0.2, 0.25) is 5.88 Å². The molecule has 6 heteroatoms. The number of aryl methyl sites for hydroxylation is 1. The number of hydrogen-bond acceptors (Lipinski definition) is 4. The van der Waals surface area contributed by atoms with Crippen LogP contribution in [0.1, 0.15) is 24.7 Å². The van der Waals surface area contributed by atoms with E-state index in [0.29, 0.717) is 38.9 Å². The number of anilines is 1. The van der Waals surface area contributed by atoms with E-state index in [1.807, 2.05) is 6.92 Å². The number of nitrogen functional groups attached to an aromatic ring is 1. The first-order valence-electron chi connectivity index (χ1n) is 6.27.